The number of halogens is 2. The monoisotopic (exact) mass is 458 g/mol. The van der Waals surface area contributed by atoms with Crippen molar-refractivity contribution in [2.75, 3.05) is 10.6 Å². The van der Waals surface area contributed by atoms with Crippen LogP contribution in [0.4, 0.5) is 11.4 Å². The molecule has 3 aromatic rings. The number of benzene rings is 2. The fraction of sp³-hybridized carbons (Fsp3) is 0.143. The Kier molecular flexibility index (Phi) is 5.24. The number of hydrogen-bond donors (Lipinski definition) is 2. The minimum Gasteiger partial charge on any atom is -0.459 e. The van der Waals surface area contributed by atoms with Gasteiger partial charge in [0.2, 0.25) is 5.91 Å². The summed E-state index contributed by atoms with van der Waals surface area (Å²) in [5.41, 5.74) is 2.05. The first-order valence-electron chi connectivity index (χ1n) is 8.72. The number of carbonyl (C=O) groups is 2. The van der Waals surface area contributed by atoms with Gasteiger partial charge in [-0.25, -0.2) is 0 Å². The molecule has 7 heteroatoms. The molecule has 2 N–H and O–H groups in total. The van der Waals surface area contributed by atoms with E-state index in [0.717, 1.165) is 16.5 Å². The van der Waals surface area contributed by atoms with E-state index in [1.54, 1.807) is 30.3 Å². The number of anilines is 2. The first-order chi connectivity index (χ1) is 13.5. The first-order valence-corrected chi connectivity index (χ1v) is 9.89. The zero-order chi connectivity index (χ0) is 19.7. The summed E-state index contributed by atoms with van der Waals surface area (Å²) in [6.07, 6.45) is 2.22. The molecule has 1 aliphatic rings. The Morgan fingerprint density at radius 1 is 1.04 bits per heavy atom. The second kappa shape index (κ2) is 7.81. The number of nitrogens with one attached hydrogen (secondary N) is 2. The Morgan fingerprint density at radius 3 is 2.64 bits per heavy atom. The van der Waals surface area contributed by atoms with Gasteiger partial charge in [-0.15, -0.1) is 0 Å². The topological polar surface area (TPSA) is 71.3 Å². The standard InChI is InChI=1S/C21H16BrClN2O3/c22-13-4-1-3-12(9-13)15-11-16(15)20(26)24-17-7-6-14(23)10-18(17)25-21(27)19-5-2-8-28-19/h1-10,15-16H,11H2,(H,24,26)(H,25,27). The van der Waals surface area contributed by atoms with Crippen LogP contribution >= 0.6 is 27.5 Å². The lowest BCUT2D eigenvalue weighted by Gasteiger charge is -2.12. The molecule has 1 fully saturated rings. The van der Waals surface area contributed by atoms with E-state index >= 15 is 0 Å². The average Bonchev–Trinajstić information content (AvgIpc) is 3.28. The summed E-state index contributed by atoms with van der Waals surface area (Å²) in [7, 11) is 0. The SMILES string of the molecule is O=C(Nc1cc(Cl)ccc1NC(=O)C1CC1c1cccc(Br)c1)c1ccco1. The lowest BCUT2D eigenvalue weighted by molar-refractivity contribution is -0.117. The maximum atomic E-state index is 12.7. The molecular weight excluding hydrogens is 444 g/mol. The third kappa shape index (κ3) is 4.13. The summed E-state index contributed by atoms with van der Waals surface area (Å²) < 4.78 is 6.10. The molecule has 1 aliphatic carbocycles. The third-order valence-electron chi connectivity index (χ3n) is 4.64. The van der Waals surface area contributed by atoms with Gasteiger partial charge >= 0.3 is 0 Å². The highest BCUT2D eigenvalue weighted by Gasteiger charge is 2.44. The maximum Gasteiger partial charge on any atom is 0.291 e. The van der Waals surface area contributed by atoms with Crippen molar-refractivity contribution in [2.45, 2.75) is 12.3 Å². The summed E-state index contributed by atoms with van der Waals surface area (Å²) in [6.45, 7) is 0. The molecule has 2 amide bonds. The zero-order valence-corrected chi connectivity index (χ0v) is 17.0. The number of amides is 2. The predicted molar refractivity (Wildman–Crippen MR) is 112 cm³/mol. The quantitative estimate of drug-likeness (QED) is 0.515. The number of carbonyl (C=O) groups excluding carboxylic acids is 2. The van der Waals surface area contributed by atoms with Gasteiger partial charge in [0, 0.05) is 15.4 Å². The van der Waals surface area contributed by atoms with Crippen LogP contribution in [0.3, 0.4) is 0 Å². The van der Waals surface area contributed by atoms with Gasteiger partial charge < -0.3 is 15.1 Å². The van der Waals surface area contributed by atoms with Crippen LogP contribution in [0.25, 0.3) is 0 Å². The number of furan rings is 1. The molecule has 28 heavy (non-hydrogen) atoms. The summed E-state index contributed by atoms with van der Waals surface area (Å²) in [4.78, 5) is 25.0. The fourth-order valence-corrected chi connectivity index (χ4v) is 3.73. The number of rotatable bonds is 5. The van der Waals surface area contributed by atoms with Gasteiger partial charge in [-0.2, -0.15) is 0 Å². The summed E-state index contributed by atoms with van der Waals surface area (Å²) in [5.74, 6) is -0.222. The van der Waals surface area contributed by atoms with E-state index in [1.165, 1.54) is 6.26 Å². The van der Waals surface area contributed by atoms with E-state index in [9.17, 15) is 9.59 Å². The fourth-order valence-electron chi connectivity index (χ4n) is 3.14. The highest BCUT2D eigenvalue weighted by molar-refractivity contribution is 9.10. The molecule has 142 valence electrons. The van der Waals surface area contributed by atoms with Crippen molar-refractivity contribution in [1.29, 1.82) is 0 Å². The van der Waals surface area contributed by atoms with Crippen LogP contribution in [-0.2, 0) is 4.79 Å². The van der Waals surface area contributed by atoms with Crippen LogP contribution in [0.2, 0.25) is 5.02 Å². The highest BCUT2D eigenvalue weighted by Crippen LogP contribution is 2.48. The van der Waals surface area contributed by atoms with Gasteiger partial charge in [-0.3, -0.25) is 9.59 Å². The second-order valence-corrected chi connectivity index (χ2v) is 7.97. The molecule has 0 saturated heterocycles. The summed E-state index contributed by atoms with van der Waals surface area (Å²) in [5, 5.41) is 6.09. The minimum atomic E-state index is -0.416. The van der Waals surface area contributed by atoms with Crippen LogP contribution in [0.15, 0.2) is 69.8 Å². The van der Waals surface area contributed by atoms with Crippen LogP contribution in [0.5, 0.6) is 0 Å². The van der Waals surface area contributed by atoms with Crippen LogP contribution in [-0.4, -0.2) is 11.8 Å². The van der Waals surface area contributed by atoms with Gasteiger partial charge in [0.05, 0.1) is 17.6 Å². The molecule has 1 saturated carbocycles. The van der Waals surface area contributed by atoms with Crippen LogP contribution in [0.1, 0.15) is 28.5 Å². The van der Waals surface area contributed by atoms with Gasteiger partial charge in [0.15, 0.2) is 5.76 Å². The van der Waals surface area contributed by atoms with Crippen molar-refractivity contribution in [2.24, 2.45) is 5.92 Å². The van der Waals surface area contributed by atoms with Crippen LogP contribution < -0.4 is 10.6 Å². The molecule has 5 nitrogen and oxygen atoms in total. The normalized spacial score (nSPS) is 17.8. The lowest BCUT2D eigenvalue weighted by Crippen LogP contribution is -2.18. The maximum absolute atomic E-state index is 12.7. The molecule has 0 bridgehead atoms. The molecule has 1 aromatic heterocycles. The number of hydrogen-bond acceptors (Lipinski definition) is 3. The average molecular weight is 460 g/mol. The molecule has 1 heterocycles. The predicted octanol–water partition coefficient (Wildman–Crippen LogP) is 5.69. The van der Waals surface area contributed by atoms with Gasteiger partial charge in [0.25, 0.3) is 5.91 Å². The van der Waals surface area contributed by atoms with Crippen LogP contribution in [0, 0.1) is 5.92 Å². The van der Waals surface area contributed by atoms with Gasteiger partial charge in [-0.1, -0.05) is 39.7 Å². The Morgan fingerprint density at radius 2 is 1.89 bits per heavy atom. The van der Waals surface area contributed by atoms with Crippen molar-refractivity contribution in [3.8, 4) is 0 Å². The van der Waals surface area contributed by atoms with E-state index in [2.05, 4.69) is 26.6 Å². The van der Waals surface area contributed by atoms with Gasteiger partial charge in [-0.05, 0) is 60.4 Å². The summed E-state index contributed by atoms with van der Waals surface area (Å²) in [6, 6.07) is 16.1. The van der Waals surface area contributed by atoms with E-state index < -0.39 is 5.91 Å². The molecule has 2 aromatic carbocycles. The smallest absolute Gasteiger partial charge is 0.291 e. The van der Waals surface area contributed by atoms with E-state index in [1.807, 2.05) is 24.3 Å². The van der Waals surface area contributed by atoms with E-state index in [4.69, 9.17) is 16.0 Å². The Hall–Kier alpha value is -2.57. The van der Waals surface area contributed by atoms with Crippen molar-refractivity contribution >= 4 is 50.7 Å². The minimum absolute atomic E-state index is 0.0826. The Labute approximate surface area is 175 Å². The summed E-state index contributed by atoms with van der Waals surface area (Å²) >= 11 is 9.53. The molecule has 0 radical (unpaired) electrons. The van der Waals surface area contributed by atoms with E-state index in [-0.39, 0.29) is 23.5 Å². The molecule has 0 aliphatic heterocycles. The van der Waals surface area contributed by atoms with Crippen molar-refractivity contribution < 1.29 is 14.0 Å². The van der Waals surface area contributed by atoms with Crippen molar-refractivity contribution in [1.82, 2.24) is 0 Å². The molecule has 2 atom stereocenters. The molecule has 2 unspecified atom stereocenters. The van der Waals surface area contributed by atoms with Gasteiger partial charge in [0.1, 0.15) is 0 Å². The van der Waals surface area contributed by atoms with Crippen molar-refractivity contribution in [3.05, 3.63) is 81.7 Å². The Bertz CT molecular complexity index is 1040. The van der Waals surface area contributed by atoms with Crippen molar-refractivity contribution in [3.63, 3.8) is 0 Å². The largest absolute Gasteiger partial charge is 0.459 e. The zero-order valence-electron chi connectivity index (χ0n) is 14.6. The Balaban J connectivity index is 1.47. The molecule has 0 spiro atoms. The molecule has 4 rings (SSSR count). The first kappa shape index (κ1) is 18.8. The third-order valence-corrected chi connectivity index (χ3v) is 5.37. The second-order valence-electron chi connectivity index (χ2n) is 6.61. The lowest BCUT2D eigenvalue weighted by atomic mass is 10.1. The van der Waals surface area contributed by atoms with E-state index in [0.29, 0.717) is 16.4 Å². The highest BCUT2D eigenvalue weighted by atomic mass is 79.9. The molecular formula is C21H16BrClN2O3.